The summed E-state index contributed by atoms with van der Waals surface area (Å²) in [6.07, 6.45) is 5.87. The number of allylic oxidation sites excluding steroid dienone is 5. The third kappa shape index (κ3) is 1.57. The fourth-order valence-corrected chi connectivity index (χ4v) is 2.14. The molecule has 0 N–H and O–H groups in total. The van der Waals surface area contributed by atoms with E-state index in [-0.39, 0.29) is 10.7 Å². The third-order valence-corrected chi connectivity index (χ3v) is 3.69. The highest BCUT2D eigenvalue weighted by Crippen LogP contribution is 2.30. The molecule has 4 heteroatoms. The number of amides is 1. The minimum absolute atomic E-state index is 0.202. The van der Waals surface area contributed by atoms with Crippen LogP contribution in [0.4, 0.5) is 0 Å². The number of dihydropyridines is 1. The zero-order valence-corrected chi connectivity index (χ0v) is 10.6. The number of carbonyl (C=O) groups excluding carboxylic acids is 1. The summed E-state index contributed by atoms with van der Waals surface area (Å²) in [4.78, 5) is 15.6. The van der Waals surface area contributed by atoms with Crippen LogP contribution in [0.3, 0.4) is 0 Å². The number of rotatable bonds is 0. The number of nitrogens with zero attached hydrogens (tertiary/aromatic N) is 1. The van der Waals surface area contributed by atoms with Gasteiger partial charge in [0, 0.05) is 5.57 Å². The van der Waals surface area contributed by atoms with Crippen LogP contribution in [0.2, 0.25) is 0 Å². The molecule has 0 spiro atoms. The number of alkyl halides is 1. The molecule has 1 atom stereocenters. The smallest absolute Gasteiger partial charge is 0.266 e. The normalized spacial score (nSPS) is 25.9. The third-order valence-electron chi connectivity index (χ3n) is 2.18. The molecule has 14 heavy (non-hydrogen) atoms. The molecular weight excluding hydrogens is 310 g/mol. The van der Waals surface area contributed by atoms with E-state index in [0.29, 0.717) is 4.48 Å². The van der Waals surface area contributed by atoms with Gasteiger partial charge in [0.1, 0.15) is 0 Å². The molecule has 2 rings (SSSR count). The van der Waals surface area contributed by atoms with Crippen molar-refractivity contribution < 1.29 is 4.79 Å². The summed E-state index contributed by atoms with van der Waals surface area (Å²) in [5.74, 6) is -0.202. The van der Waals surface area contributed by atoms with E-state index in [1.54, 1.807) is 0 Å². The van der Waals surface area contributed by atoms with Gasteiger partial charge in [0.05, 0.1) is 15.0 Å². The van der Waals surface area contributed by atoms with Crippen LogP contribution >= 0.6 is 31.9 Å². The molecule has 0 radical (unpaired) electrons. The van der Waals surface area contributed by atoms with E-state index in [9.17, 15) is 4.79 Å². The summed E-state index contributed by atoms with van der Waals surface area (Å²) in [6, 6.07) is 0. The van der Waals surface area contributed by atoms with Crippen molar-refractivity contribution in [2.45, 2.75) is 11.8 Å². The minimum Gasteiger partial charge on any atom is -0.266 e. The molecule has 1 unspecified atom stereocenters. The fourth-order valence-electron chi connectivity index (χ4n) is 1.42. The topological polar surface area (TPSA) is 29.4 Å². The largest absolute Gasteiger partial charge is 0.284 e. The Hall–Kier alpha value is -0.480. The predicted molar refractivity (Wildman–Crippen MR) is 64.0 cm³/mol. The van der Waals surface area contributed by atoms with E-state index in [1.807, 2.05) is 25.2 Å². The molecule has 0 aromatic rings. The van der Waals surface area contributed by atoms with Crippen molar-refractivity contribution in [3.05, 3.63) is 33.9 Å². The average Bonchev–Trinajstić information content (AvgIpc) is 2.16. The van der Waals surface area contributed by atoms with Crippen LogP contribution in [0.5, 0.6) is 0 Å². The van der Waals surface area contributed by atoms with Gasteiger partial charge in [0.2, 0.25) is 0 Å². The number of carbonyl (C=O) groups is 1. The van der Waals surface area contributed by atoms with Crippen LogP contribution in [0, 0.1) is 0 Å². The van der Waals surface area contributed by atoms with Crippen molar-refractivity contribution in [1.82, 2.24) is 0 Å². The average molecular weight is 317 g/mol. The van der Waals surface area contributed by atoms with Gasteiger partial charge >= 0.3 is 0 Å². The molecule has 0 saturated carbocycles. The van der Waals surface area contributed by atoms with E-state index in [2.05, 4.69) is 36.9 Å². The lowest BCUT2D eigenvalue weighted by atomic mass is 9.95. The Morgan fingerprint density at radius 1 is 1.50 bits per heavy atom. The molecule has 0 saturated heterocycles. The first-order valence-corrected chi connectivity index (χ1v) is 5.84. The maximum atomic E-state index is 11.4. The van der Waals surface area contributed by atoms with E-state index in [1.165, 1.54) is 0 Å². The van der Waals surface area contributed by atoms with E-state index >= 15 is 0 Å². The van der Waals surface area contributed by atoms with Crippen LogP contribution in [-0.4, -0.2) is 16.4 Å². The molecule has 0 aromatic heterocycles. The first-order chi connectivity index (χ1) is 6.59. The summed E-state index contributed by atoms with van der Waals surface area (Å²) < 4.78 is 0.558. The molecule has 1 aliphatic heterocycles. The van der Waals surface area contributed by atoms with Crippen LogP contribution < -0.4 is 0 Å². The Kier molecular flexibility index (Phi) is 2.58. The number of fused-ring (bicyclic) bond motifs is 1. The second-order valence-electron chi connectivity index (χ2n) is 3.13. The van der Waals surface area contributed by atoms with Gasteiger partial charge in [-0.3, -0.25) is 4.79 Å². The van der Waals surface area contributed by atoms with E-state index in [0.717, 1.165) is 16.9 Å². The Labute approximate surface area is 98.7 Å². The van der Waals surface area contributed by atoms with Gasteiger partial charge in [-0.05, 0) is 34.5 Å². The zero-order valence-electron chi connectivity index (χ0n) is 7.42. The molecule has 0 aromatic carbocycles. The minimum atomic E-state index is -0.202. The highest BCUT2D eigenvalue weighted by Gasteiger charge is 2.23. The van der Waals surface area contributed by atoms with E-state index in [4.69, 9.17) is 0 Å². The second kappa shape index (κ2) is 3.59. The van der Waals surface area contributed by atoms with Crippen molar-refractivity contribution in [3.8, 4) is 0 Å². The summed E-state index contributed by atoms with van der Waals surface area (Å²) in [5.41, 5.74) is 2.74. The SMILES string of the molecule is CC1=C(Br)C(=O)N=C2C=CC(Br)C=C21. The first kappa shape index (κ1) is 10.1. The fraction of sp³-hybridized carbons (Fsp3) is 0.200. The van der Waals surface area contributed by atoms with Gasteiger partial charge in [-0.2, -0.15) is 0 Å². The Morgan fingerprint density at radius 3 is 2.93 bits per heavy atom. The summed E-state index contributed by atoms with van der Waals surface area (Å²) in [6.45, 7) is 1.92. The molecule has 0 fully saturated rings. The number of halogens is 2. The molecule has 2 nitrogen and oxygen atoms in total. The lowest BCUT2D eigenvalue weighted by Crippen LogP contribution is -2.17. The lowest BCUT2D eigenvalue weighted by molar-refractivity contribution is -0.113. The summed E-state index contributed by atoms with van der Waals surface area (Å²) >= 11 is 6.72. The lowest BCUT2D eigenvalue weighted by Gasteiger charge is -2.19. The van der Waals surface area contributed by atoms with Gasteiger partial charge in [0.15, 0.2) is 0 Å². The van der Waals surface area contributed by atoms with Crippen molar-refractivity contribution in [3.63, 3.8) is 0 Å². The molecule has 72 valence electrons. The zero-order chi connectivity index (χ0) is 10.3. The quantitative estimate of drug-likeness (QED) is 0.632. The molecule has 1 heterocycles. The van der Waals surface area contributed by atoms with Crippen molar-refractivity contribution in [2.75, 3.05) is 0 Å². The molecular formula is C10H7Br2NO. The van der Waals surface area contributed by atoms with Crippen LogP contribution in [0.1, 0.15) is 6.92 Å². The number of aliphatic imine (C=N–C) groups is 1. The molecule has 1 amide bonds. The van der Waals surface area contributed by atoms with Gasteiger partial charge in [-0.15, -0.1) is 0 Å². The monoisotopic (exact) mass is 315 g/mol. The van der Waals surface area contributed by atoms with Crippen molar-refractivity contribution in [1.29, 1.82) is 0 Å². The Balaban J connectivity index is 2.54. The Bertz CT molecular complexity index is 425. The summed E-state index contributed by atoms with van der Waals surface area (Å²) in [5, 5.41) is 0. The number of hydrogen-bond donors (Lipinski definition) is 0. The van der Waals surface area contributed by atoms with Crippen LogP contribution in [0.15, 0.2) is 38.8 Å². The second-order valence-corrected chi connectivity index (χ2v) is 4.98. The van der Waals surface area contributed by atoms with Crippen LogP contribution in [0.25, 0.3) is 0 Å². The van der Waals surface area contributed by atoms with Gasteiger partial charge in [-0.1, -0.05) is 28.1 Å². The number of hydrogen-bond acceptors (Lipinski definition) is 1. The standard InChI is InChI=1S/C10H7Br2NO/c1-5-7-4-6(11)2-3-8(7)13-10(14)9(5)12/h2-4,6H,1H3. The highest BCUT2D eigenvalue weighted by atomic mass is 79.9. The highest BCUT2D eigenvalue weighted by molar-refractivity contribution is 9.12. The van der Waals surface area contributed by atoms with E-state index < -0.39 is 0 Å². The Morgan fingerprint density at radius 2 is 2.21 bits per heavy atom. The van der Waals surface area contributed by atoms with Crippen molar-refractivity contribution >= 4 is 43.5 Å². The van der Waals surface area contributed by atoms with Gasteiger partial charge in [0.25, 0.3) is 5.91 Å². The molecule has 1 aliphatic carbocycles. The summed E-state index contributed by atoms with van der Waals surface area (Å²) in [7, 11) is 0. The molecule has 0 bridgehead atoms. The maximum Gasteiger partial charge on any atom is 0.284 e. The predicted octanol–water partition coefficient (Wildman–Crippen LogP) is 2.90. The van der Waals surface area contributed by atoms with Crippen LogP contribution in [-0.2, 0) is 4.79 Å². The maximum absolute atomic E-state index is 11.4. The van der Waals surface area contributed by atoms with Gasteiger partial charge in [-0.25, -0.2) is 4.99 Å². The van der Waals surface area contributed by atoms with Crippen molar-refractivity contribution in [2.24, 2.45) is 4.99 Å². The first-order valence-electron chi connectivity index (χ1n) is 4.14. The molecule has 2 aliphatic rings. The van der Waals surface area contributed by atoms with Gasteiger partial charge < -0.3 is 0 Å².